The Hall–Kier alpha value is -2.93. The summed E-state index contributed by atoms with van der Waals surface area (Å²) in [6.45, 7) is 0. The number of carbonyl (C=O) groups excluding carboxylic acids is 2. The zero-order valence-corrected chi connectivity index (χ0v) is 16.2. The van der Waals surface area contributed by atoms with Crippen molar-refractivity contribution >= 4 is 22.6 Å². The molecule has 2 aromatic carbocycles. The summed E-state index contributed by atoms with van der Waals surface area (Å²) >= 11 is 0. The second kappa shape index (κ2) is 6.03. The van der Waals surface area contributed by atoms with E-state index in [1.807, 2.05) is 24.3 Å². The van der Waals surface area contributed by atoms with Gasteiger partial charge in [-0.1, -0.05) is 61.7 Å². The van der Waals surface area contributed by atoms with Gasteiger partial charge in [-0.2, -0.15) is 5.26 Å². The summed E-state index contributed by atoms with van der Waals surface area (Å²) in [5.74, 6) is -0.927. The largest absolute Gasteiger partial charge is 0.279 e. The number of rotatable bonds is 1. The molecule has 2 amide bonds. The number of fused-ring (bicyclic) bond motifs is 1. The predicted octanol–water partition coefficient (Wildman–Crippen LogP) is 4.40. The lowest BCUT2D eigenvalue weighted by atomic mass is 9.59. The van der Waals surface area contributed by atoms with Crippen molar-refractivity contribution in [1.82, 2.24) is 4.90 Å². The van der Waals surface area contributed by atoms with Gasteiger partial charge >= 0.3 is 0 Å². The second-order valence-corrected chi connectivity index (χ2v) is 8.91. The number of nitriles is 1. The molecule has 4 nitrogen and oxygen atoms in total. The molecule has 0 unspecified atom stereocenters. The van der Waals surface area contributed by atoms with Crippen molar-refractivity contribution in [2.24, 2.45) is 11.8 Å². The van der Waals surface area contributed by atoms with Gasteiger partial charge in [-0.15, -0.1) is 0 Å². The van der Waals surface area contributed by atoms with Crippen LogP contribution in [0.2, 0.25) is 0 Å². The van der Waals surface area contributed by atoms with Crippen molar-refractivity contribution in [2.75, 3.05) is 0 Å². The smallest absolute Gasteiger partial charge is 0.234 e. The number of hydrogen-bond acceptors (Lipinski definition) is 3. The highest BCUT2D eigenvalue weighted by Crippen LogP contribution is 2.57. The number of likely N-dealkylation sites (tertiary alicyclic amines) is 1. The number of imide groups is 1. The quantitative estimate of drug-likeness (QED) is 0.543. The lowest BCUT2D eigenvalue weighted by Gasteiger charge is -2.41. The first-order valence-electron chi connectivity index (χ1n) is 10.7. The Morgan fingerprint density at radius 2 is 1.62 bits per heavy atom. The van der Waals surface area contributed by atoms with Gasteiger partial charge in [0.05, 0.1) is 17.4 Å². The molecule has 1 saturated heterocycles. The third-order valence-corrected chi connectivity index (χ3v) is 7.60. The lowest BCUT2D eigenvalue weighted by Crippen LogP contribution is -2.42. The Morgan fingerprint density at radius 1 is 0.931 bits per heavy atom. The van der Waals surface area contributed by atoms with E-state index in [9.17, 15) is 14.9 Å². The monoisotopic (exact) mass is 382 g/mol. The van der Waals surface area contributed by atoms with Crippen LogP contribution in [0.4, 0.5) is 0 Å². The summed E-state index contributed by atoms with van der Waals surface area (Å²) in [5, 5.41) is 12.0. The topological polar surface area (TPSA) is 61.2 Å². The van der Waals surface area contributed by atoms with Crippen LogP contribution in [0.25, 0.3) is 10.8 Å². The van der Waals surface area contributed by atoms with E-state index < -0.39 is 0 Å². The van der Waals surface area contributed by atoms with E-state index in [0.29, 0.717) is 5.56 Å². The van der Waals surface area contributed by atoms with Crippen molar-refractivity contribution in [1.29, 1.82) is 5.26 Å². The Balaban J connectivity index is 1.52. The van der Waals surface area contributed by atoms with E-state index in [1.54, 1.807) is 4.90 Å². The number of hydrogen-bond donors (Lipinski definition) is 0. The molecule has 2 fully saturated rings. The summed E-state index contributed by atoms with van der Waals surface area (Å²) in [6.07, 6.45) is 9.42. The molecule has 1 saturated carbocycles. The zero-order valence-electron chi connectivity index (χ0n) is 16.2. The number of nitrogens with zero attached hydrogens (tertiary/aromatic N) is 2. The molecule has 0 radical (unpaired) electrons. The molecule has 144 valence electrons. The van der Waals surface area contributed by atoms with Gasteiger partial charge in [-0.3, -0.25) is 14.5 Å². The summed E-state index contributed by atoms with van der Waals surface area (Å²) < 4.78 is 0. The average Bonchev–Trinajstić information content (AvgIpc) is 3.04. The minimum atomic E-state index is -0.347. The fraction of sp³-hybridized carbons (Fsp3) is 0.400. The van der Waals surface area contributed by atoms with Gasteiger partial charge in [0.1, 0.15) is 6.07 Å². The normalized spacial score (nSPS) is 30.5. The van der Waals surface area contributed by atoms with Crippen molar-refractivity contribution in [3.8, 4) is 6.07 Å². The van der Waals surface area contributed by atoms with Crippen LogP contribution < -0.4 is 0 Å². The minimum Gasteiger partial charge on any atom is -0.279 e. The Labute approximate surface area is 169 Å². The van der Waals surface area contributed by atoms with Crippen LogP contribution in [-0.4, -0.2) is 22.8 Å². The van der Waals surface area contributed by atoms with E-state index in [-0.39, 0.29) is 41.5 Å². The third kappa shape index (κ3) is 2.13. The van der Waals surface area contributed by atoms with Gasteiger partial charge in [-0.05, 0) is 34.7 Å². The first kappa shape index (κ1) is 17.0. The van der Waals surface area contributed by atoms with Gasteiger partial charge in [0, 0.05) is 17.9 Å². The van der Waals surface area contributed by atoms with E-state index in [0.717, 1.165) is 47.6 Å². The fourth-order valence-corrected chi connectivity index (χ4v) is 6.38. The maximum Gasteiger partial charge on any atom is 0.234 e. The zero-order chi connectivity index (χ0) is 19.7. The fourth-order valence-electron chi connectivity index (χ4n) is 6.38. The molecule has 0 N–H and O–H groups in total. The molecule has 0 spiro atoms. The van der Waals surface area contributed by atoms with Gasteiger partial charge in [0.2, 0.25) is 11.8 Å². The highest BCUT2D eigenvalue weighted by Gasteiger charge is 2.59. The Morgan fingerprint density at radius 3 is 2.38 bits per heavy atom. The van der Waals surface area contributed by atoms with Crippen LogP contribution in [-0.2, 0) is 9.59 Å². The summed E-state index contributed by atoms with van der Waals surface area (Å²) in [5.41, 5.74) is 2.72. The molecule has 1 heterocycles. The maximum atomic E-state index is 13.5. The van der Waals surface area contributed by atoms with Crippen LogP contribution in [0.15, 0.2) is 42.5 Å². The van der Waals surface area contributed by atoms with E-state index in [1.165, 1.54) is 6.42 Å². The average molecular weight is 382 g/mol. The van der Waals surface area contributed by atoms with Gasteiger partial charge in [-0.25, -0.2) is 0 Å². The van der Waals surface area contributed by atoms with Crippen molar-refractivity contribution in [3.05, 3.63) is 59.2 Å². The molecular formula is C25H22N2O2. The van der Waals surface area contributed by atoms with Crippen molar-refractivity contribution in [3.63, 3.8) is 0 Å². The van der Waals surface area contributed by atoms with Crippen LogP contribution in [0.5, 0.6) is 0 Å². The minimum absolute atomic E-state index is 0.00560. The molecule has 1 aliphatic heterocycles. The molecule has 5 aliphatic rings. The van der Waals surface area contributed by atoms with E-state index in [2.05, 4.69) is 24.3 Å². The summed E-state index contributed by atoms with van der Waals surface area (Å²) in [4.78, 5) is 28.6. The van der Waals surface area contributed by atoms with Crippen LogP contribution in [0, 0.1) is 23.2 Å². The standard InChI is InChI=1S/C25H22N2O2/c26-13-20-16-9-5-4-6-14(16)12-19-17-10-11-18(21(19)20)23-22(17)24(28)27(25(23)29)15-7-2-1-3-8-15/h4-6,9-12,15,17-18,22-23H,1-3,7-8H2/t17-,18+,22+,23-/m1/s1. The van der Waals surface area contributed by atoms with E-state index >= 15 is 0 Å². The lowest BCUT2D eigenvalue weighted by molar-refractivity contribution is -0.143. The van der Waals surface area contributed by atoms with Crippen molar-refractivity contribution < 1.29 is 9.59 Å². The predicted molar refractivity (Wildman–Crippen MR) is 109 cm³/mol. The SMILES string of the molecule is N#Cc1c2c(cc3ccccc13)[C@H]1C=C[C@@H]2[C@H]2C(=O)N(C3CCCCC3)C(=O)[C@H]21. The number of amides is 2. The second-order valence-electron chi connectivity index (χ2n) is 8.91. The van der Waals surface area contributed by atoms with Crippen LogP contribution >= 0.6 is 0 Å². The van der Waals surface area contributed by atoms with Gasteiger partial charge in [0.15, 0.2) is 0 Å². The molecule has 4 heteroatoms. The highest BCUT2D eigenvalue weighted by molar-refractivity contribution is 6.08. The highest BCUT2D eigenvalue weighted by atomic mass is 16.2. The molecular weight excluding hydrogens is 360 g/mol. The van der Waals surface area contributed by atoms with Crippen LogP contribution in [0.1, 0.15) is 60.6 Å². The summed E-state index contributed by atoms with van der Waals surface area (Å²) in [7, 11) is 0. The van der Waals surface area contributed by atoms with Crippen molar-refractivity contribution in [2.45, 2.75) is 50.0 Å². The molecule has 2 bridgehead atoms. The number of allylic oxidation sites excluding steroid dienone is 2. The Bertz CT molecular complexity index is 1140. The van der Waals surface area contributed by atoms with Gasteiger partial charge < -0.3 is 0 Å². The Kier molecular flexibility index (Phi) is 3.53. The van der Waals surface area contributed by atoms with Gasteiger partial charge in [0.25, 0.3) is 0 Å². The number of benzene rings is 2. The first-order valence-corrected chi connectivity index (χ1v) is 10.7. The molecule has 0 aromatic heterocycles. The molecule has 2 aromatic rings. The third-order valence-electron chi connectivity index (χ3n) is 7.60. The molecule has 7 rings (SSSR count). The molecule has 4 atom stereocenters. The van der Waals surface area contributed by atoms with E-state index in [4.69, 9.17) is 0 Å². The molecule has 29 heavy (non-hydrogen) atoms. The van der Waals surface area contributed by atoms with Crippen LogP contribution in [0.3, 0.4) is 0 Å². The molecule has 4 aliphatic carbocycles. The summed E-state index contributed by atoms with van der Waals surface area (Å²) in [6, 6.07) is 12.6. The maximum absolute atomic E-state index is 13.5. The first-order chi connectivity index (χ1) is 14.2. The number of carbonyl (C=O) groups is 2.